The second-order valence-electron chi connectivity index (χ2n) is 7.51. The van der Waals surface area contributed by atoms with Crippen molar-refractivity contribution in [1.29, 1.82) is 0 Å². The van der Waals surface area contributed by atoms with Gasteiger partial charge in [-0.25, -0.2) is 4.79 Å². The van der Waals surface area contributed by atoms with Gasteiger partial charge in [0.25, 0.3) is 5.91 Å². The summed E-state index contributed by atoms with van der Waals surface area (Å²) in [4.78, 5) is 26.1. The molecule has 2 aromatic rings. The number of aliphatic carboxylic acids is 1. The minimum Gasteiger partial charge on any atom is -0.480 e. The van der Waals surface area contributed by atoms with Gasteiger partial charge < -0.3 is 10.0 Å². The average molecular weight is 341 g/mol. The summed E-state index contributed by atoms with van der Waals surface area (Å²) < 4.78 is 1.80. The number of fused-ring (bicyclic) bond motifs is 1. The SMILES string of the molecule is Cc1cc(C(=O)N2Cc3ccccc3C[C@@H]2C(=O)O)nn1C(C)(C)C. The van der Waals surface area contributed by atoms with Crippen molar-refractivity contribution in [1.82, 2.24) is 14.7 Å². The molecule has 0 bridgehead atoms. The molecule has 1 aromatic heterocycles. The summed E-state index contributed by atoms with van der Waals surface area (Å²) in [7, 11) is 0. The number of aryl methyl sites for hydroxylation is 1. The molecule has 1 aliphatic heterocycles. The molecule has 6 heteroatoms. The third kappa shape index (κ3) is 3.16. The summed E-state index contributed by atoms with van der Waals surface area (Å²) in [5.41, 5.74) is 2.89. The number of aromatic nitrogens is 2. The Morgan fingerprint density at radius 2 is 1.84 bits per heavy atom. The number of benzene rings is 1. The Labute approximate surface area is 147 Å². The van der Waals surface area contributed by atoms with E-state index in [0.717, 1.165) is 16.8 Å². The molecule has 2 heterocycles. The summed E-state index contributed by atoms with van der Waals surface area (Å²) in [6.07, 6.45) is 0.316. The van der Waals surface area contributed by atoms with Gasteiger partial charge in [0.05, 0.1) is 5.54 Å². The molecule has 1 N–H and O–H groups in total. The Kier molecular flexibility index (Phi) is 4.14. The molecule has 132 valence electrons. The number of amides is 1. The Hall–Kier alpha value is -2.63. The molecule has 1 aliphatic rings. The van der Waals surface area contributed by atoms with Crippen LogP contribution in [0.5, 0.6) is 0 Å². The van der Waals surface area contributed by atoms with Crippen molar-refractivity contribution < 1.29 is 14.7 Å². The van der Waals surface area contributed by atoms with Gasteiger partial charge in [-0.15, -0.1) is 0 Å². The zero-order chi connectivity index (χ0) is 18.4. The number of hydrogen-bond donors (Lipinski definition) is 1. The van der Waals surface area contributed by atoms with Crippen LogP contribution in [0, 0.1) is 6.92 Å². The van der Waals surface area contributed by atoms with E-state index in [1.807, 2.05) is 52.0 Å². The zero-order valence-corrected chi connectivity index (χ0v) is 15.0. The Morgan fingerprint density at radius 1 is 1.20 bits per heavy atom. The predicted octanol–water partition coefficient (Wildman–Crippen LogP) is 2.60. The first-order chi connectivity index (χ1) is 11.7. The van der Waals surface area contributed by atoms with Gasteiger partial charge in [0.15, 0.2) is 5.69 Å². The summed E-state index contributed by atoms with van der Waals surface area (Å²) in [5, 5.41) is 14.0. The van der Waals surface area contributed by atoms with Crippen LogP contribution >= 0.6 is 0 Å². The molecule has 25 heavy (non-hydrogen) atoms. The van der Waals surface area contributed by atoms with E-state index >= 15 is 0 Å². The maximum Gasteiger partial charge on any atom is 0.326 e. The van der Waals surface area contributed by atoms with Crippen LogP contribution in [0.2, 0.25) is 0 Å². The molecule has 1 amide bonds. The lowest BCUT2D eigenvalue weighted by Gasteiger charge is -2.34. The number of rotatable bonds is 2. The molecule has 0 saturated carbocycles. The van der Waals surface area contributed by atoms with E-state index in [1.165, 1.54) is 4.90 Å². The highest BCUT2D eigenvalue weighted by Gasteiger charge is 2.36. The predicted molar refractivity (Wildman–Crippen MR) is 93.4 cm³/mol. The first-order valence-corrected chi connectivity index (χ1v) is 8.36. The van der Waals surface area contributed by atoms with E-state index in [9.17, 15) is 14.7 Å². The van der Waals surface area contributed by atoms with Crippen LogP contribution in [0.1, 0.15) is 48.1 Å². The number of hydrogen-bond acceptors (Lipinski definition) is 3. The molecule has 6 nitrogen and oxygen atoms in total. The van der Waals surface area contributed by atoms with Crippen LogP contribution in [-0.2, 0) is 23.3 Å². The van der Waals surface area contributed by atoms with Gasteiger partial charge in [0.2, 0.25) is 0 Å². The van der Waals surface area contributed by atoms with Crippen molar-refractivity contribution >= 4 is 11.9 Å². The Balaban J connectivity index is 1.97. The molecule has 0 unspecified atom stereocenters. The third-order valence-electron chi connectivity index (χ3n) is 4.54. The lowest BCUT2D eigenvalue weighted by atomic mass is 9.93. The van der Waals surface area contributed by atoms with Crippen molar-refractivity contribution in [2.24, 2.45) is 0 Å². The second kappa shape index (κ2) is 6.02. The lowest BCUT2D eigenvalue weighted by molar-refractivity contribution is -0.142. The largest absolute Gasteiger partial charge is 0.480 e. The number of carbonyl (C=O) groups is 2. The maximum absolute atomic E-state index is 13.0. The molecule has 0 spiro atoms. The fourth-order valence-electron chi connectivity index (χ4n) is 3.36. The van der Waals surface area contributed by atoms with Crippen LogP contribution in [0.3, 0.4) is 0 Å². The highest BCUT2D eigenvalue weighted by Crippen LogP contribution is 2.26. The number of nitrogens with zero attached hydrogens (tertiary/aromatic N) is 3. The molecule has 3 rings (SSSR count). The van der Waals surface area contributed by atoms with Crippen LogP contribution in [0.4, 0.5) is 0 Å². The molecular weight excluding hydrogens is 318 g/mol. The molecule has 0 aliphatic carbocycles. The minimum atomic E-state index is -0.991. The van der Waals surface area contributed by atoms with E-state index in [1.54, 1.807) is 10.7 Å². The number of carbonyl (C=O) groups excluding carboxylic acids is 1. The first-order valence-electron chi connectivity index (χ1n) is 8.36. The van der Waals surface area contributed by atoms with Gasteiger partial charge in [-0.2, -0.15) is 5.10 Å². The summed E-state index contributed by atoms with van der Waals surface area (Å²) in [5.74, 6) is -1.33. The zero-order valence-electron chi connectivity index (χ0n) is 15.0. The van der Waals surface area contributed by atoms with Crippen LogP contribution in [-0.4, -0.2) is 37.7 Å². The van der Waals surface area contributed by atoms with Gasteiger partial charge in [-0.3, -0.25) is 9.48 Å². The molecule has 1 aromatic carbocycles. The van der Waals surface area contributed by atoms with Crippen LogP contribution < -0.4 is 0 Å². The lowest BCUT2D eigenvalue weighted by Crippen LogP contribution is -2.48. The highest BCUT2D eigenvalue weighted by molar-refractivity contribution is 5.95. The topological polar surface area (TPSA) is 75.4 Å². The molecule has 0 fully saturated rings. The van der Waals surface area contributed by atoms with Crippen LogP contribution in [0.25, 0.3) is 0 Å². The monoisotopic (exact) mass is 341 g/mol. The van der Waals surface area contributed by atoms with Crippen molar-refractivity contribution in [3.8, 4) is 0 Å². The third-order valence-corrected chi connectivity index (χ3v) is 4.54. The van der Waals surface area contributed by atoms with Gasteiger partial charge in [0.1, 0.15) is 6.04 Å². The fraction of sp³-hybridized carbons (Fsp3) is 0.421. The van der Waals surface area contributed by atoms with Crippen molar-refractivity contribution in [2.75, 3.05) is 0 Å². The Bertz CT molecular complexity index is 833. The van der Waals surface area contributed by atoms with E-state index in [4.69, 9.17) is 0 Å². The van der Waals surface area contributed by atoms with E-state index < -0.39 is 12.0 Å². The normalized spacial score (nSPS) is 17.3. The van der Waals surface area contributed by atoms with Gasteiger partial charge >= 0.3 is 5.97 Å². The van der Waals surface area contributed by atoms with E-state index in [-0.39, 0.29) is 23.7 Å². The van der Waals surface area contributed by atoms with Gasteiger partial charge in [0, 0.05) is 18.7 Å². The average Bonchev–Trinajstić information content (AvgIpc) is 2.95. The van der Waals surface area contributed by atoms with Gasteiger partial charge in [-0.05, 0) is 44.9 Å². The molecular formula is C19H23N3O3. The second-order valence-corrected chi connectivity index (χ2v) is 7.51. The maximum atomic E-state index is 13.0. The highest BCUT2D eigenvalue weighted by atomic mass is 16.4. The van der Waals surface area contributed by atoms with Crippen molar-refractivity contribution in [2.45, 2.75) is 52.2 Å². The van der Waals surface area contributed by atoms with Crippen LogP contribution in [0.15, 0.2) is 30.3 Å². The summed E-state index contributed by atoms with van der Waals surface area (Å²) in [6, 6.07) is 8.51. The number of carboxylic acids is 1. The minimum absolute atomic E-state index is 0.247. The standard InChI is InChI=1S/C19H23N3O3/c1-12-9-15(20-22(12)19(2,3)4)17(23)21-11-14-8-6-5-7-13(14)10-16(21)18(24)25/h5-9,16H,10-11H2,1-4H3,(H,24,25)/t16-/m1/s1. The fourth-order valence-corrected chi connectivity index (χ4v) is 3.36. The van der Waals surface area contributed by atoms with Gasteiger partial charge in [-0.1, -0.05) is 24.3 Å². The van der Waals surface area contributed by atoms with Crippen molar-refractivity contribution in [3.63, 3.8) is 0 Å². The quantitative estimate of drug-likeness (QED) is 0.911. The molecule has 0 radical (unpaired) electrons. The first kappa shape index (κ1) is 17.2. The molecule has 0 saturated heterocycles. The Morgan fingerprint density at radius 3 is 2.40 bits per heavy atom. The van der Waals surface area contributed by atoms with Crippen molar-refractivity contribution in [3.05, 3.63) is 52.8 Å². The van der Waals surface area contributed by atoms with E-state index in [2.05, 4.69) is 5.10 Å². The molecule has 1 atom stereocenters. The smallest absolute Gasteiger partial charge is 0.326 e. The number of carboxylic acid groups (broad SMARTS) is 1. The van der Waals surface area contributed by atoms with E-state index in [0.29, 0.717) is 6.42 Å². The summed E-state index contributed by atoms with van der Waals surface area (Å²) >= 11 is 0. The summed E-state index contributed by atoms with van der Waals surface area (Å²) in [6.45, 7) is 8.22.